The summed E-state index contributed by atoms with van der Waals surface area (Å²) in [6.07, 6.45) is 2.82. The summed E-state index contributed by atoms with van der Waals surface area (Å²) in [6.45, 7) is 0. The van der Waals surface area contributed by atoms with E-state index in [9.17, 15) is 18.8 Å². The second-order valence-corrected chi connectivity index (χ2v) is 11.7. The van der Waals surface area contributed by atoms with Gasteiger partial charge in [-0.2, -0.15) is 0 Å². The smallest absolute Gasteiger partial charge is 0.272 e. The topological polar surface area (TPSA) is 100 Å². The van der Waals surface area contributed by atoms with Crippen molar-refractivity contribution in [2.45, 2.75) is 10.1 Å². The summed E-state index contributed by atoms with van der Waals surface area (Å²) in [5.41, 5.74) is 1.32. The van der Waals surface area contributed by atoms with Crippen LogP contribution in [0.2, 0.25) is 5.02 Å². The monoisotopic (exact) mass is 642 g/mol. The van der Waals surface area contributed by atoms with E-state index in [0.717, 1.165) is 10.5 Å². The number of hydrogen-bond acceptors (Lipinski definition) is 6. The Kier molecular flexibility index (Phi) is 10.2. The average molecular weight is 643 g/mol. The molecule has 1 heterocycles. The van der Waals surface area contributed by atoms with E-state index in [-0.39, 0.29) is 22.2 Å². The van der Waals surface area contributed by atoms with Crippen LogP contribution in [0.15, 0.2) is 125 Å². The zero-order valence-corrected chi connectivity index (χ0v) is 25.3. The molecule has 0 fully saturated rings. The number of carbonyl (C=O) groups excluding carboxylic acids is 3. The Balaban J connectivity index is 1.35. The van der Waals surface area contributed by atoms with E-state index in [1.165, 1.54) is 47.4 Å². The van der Waals surface area contributed by atoms with Crippen molar-refractivity contribution in [2.24, 2.45) is 0 Å². The molecular formula is C33H24ClFN4O3S2. The molecule has 4 aromatic carbocycles. The minimum Gasteiger partial charge on any atom is -0.321 e. The van der Waals surface area contributed by atoms with Crippen LogP contribution in [0.25, 0.3) is 6.08 Å². The van der Waals surface area contributed by atoms with E-state index in [1.54, 1.807) is 66.2 Å². The Morgan fingerprint density at radius 3 is 2.23 bits per heavy atom. The van der Waals surface area contributed by atoms with E-state index in [2.05, 4.69) is 20.9 Å². The maximum Gasteiger partial charge on any atom is 0.272 e. The molecule has 44 heavy (non-hydrogen) atoms. The van der Waals surface area contributed by atoms with Gasteiger partial charge in [0.2, 0.25) is 5.91 Å². The van der Waals surface area contributed by atoms with Gasteiger partial charge in [0.15, 0.2) is 5.13 Å². The van der Waals surface area contributed by atoms with Gasteiger partial charge in [0, 0.05) is 33.3 Å². The molecule has 0 spiro atoms. The number of carbonyl (C=O) groups is 3. The van der Waals surface area contributed by atoms with Crippen molar-refractivity contribution in [3.8, 4) is 0 Å². The molecule has 0 bridgehead atoms. The summed E-state index contributed by atoms with van der Waals surface area (Å²) in [5.74, 6) is -2.09. The first-order valence-electron chi connectivity index (χ1n) is 13.2. The molecule has 3 N–H and O–H groups in total. The standard InChI is InChI=1S/C33H24ClFN4O3S2/c34-26-12-7-13-27(35)25(26)20-28(38-30(40)22-10-5-2-6-11-22)31(41)37-23-14-16-24(17-15-23)44-29(21-8-3-1-4-9-21)32(42)39-33-36-18-19-43-33/h1-20,29H,(H,37,41)(H,38,40)(H,36,39,42)/b28-20-. The van der Waals surface area contributed by atoms with E-state index in [4.69, 9.17) is 11.6 Å². The third kappa shape index (κ3) is 7.99. The first-order valence-corrected chi connectivity index (χ1v) is 15.4. The number of hydrogen-bond donors (Lipinski definition) is 3. The molecule has 1 aromatic heterocycles. The quantitative estimate of drug-likeness (QED) is 0.107. The molecule has 0 radical (unpaired) electrons. The number of aromatic nitrogens is 1. The molecule has 3 amide bonds. The zero-order chi connectivity index (χ0) is 30.9. The number of thiazole rings is 1. The van der Waals surface area contributed by atoms with Gasteiger partial charge in [-0.05, 0) is 60.2 Å². The molecule has 1 atom stereocenters. The number of anilines is 2. The molecule has 0 saturated carbocycles. The van der Waals surface area contributed by atoms with Crippen LogP contribution in [0.3, 0.4) is 0 Å². The lowest BCUT2D eigenvalue weighted by Gasteiger charge is -2.17. The summed E-state index contributed by atoms with van der Waals surface area (Å²) in [4.78, 5) is 44.4. The van der Waals surface area contributed by atoms with Crippen molar-refractivity contribution in [3.63, 3.8) is 0 Å². The molecule has 0 aliphatic carbocycles. The largest absolute Gasteiger partial charge is 0.321 e. The maximum absolute atomic E-state index is 14.6. The highest BCUT2D eigenvalue weighted by Gasteiger charge is 2.23. The fourth-order valence-corrected chi connectivity index (χ4v) is 5.82. The van der Waals surface area contributed by atoms with Gasteiger partial charge in [-0.15, -0.1) is 23.1 Å². The van der Waals surface area contributed by atoms with E-state index in [0.29, 0.717) is 16.4 Å². The summed E-state index contributed by atoms with van der Waals surface area (Å²) in [7, 11) is 0. The van der Waals surface area contributed by atoms with Gasteiger partial charge in [-0.1, -0.05) is 66.2 Å². The number of rotatable bonds is 10. The predicted molar refractivity (Wildman–Crippen MR) is 174 cm³/mol. The molecule has 0 saturated heterocycles. The fourth-order valence-electron chi connectivity index (χ4n) is 4.04. The second kappa shape index (κ2) is 14.6. The first-order chi connectivity index (χ1) is 21.4. The Hall–Kier alpha value is -4.77. The lowest BCUT2D eigenvalue weighted by molar-refractivity contribution is -0.116. The van der Waals surface area contributed by atoms with Crippen LogP contribution < -0.4 is 16.0 Å². The Bertz CT molecular complexity index is 1770. The predicted octanol–water partition coefficient (Wildman–Crippen LogP) is 7.82. The Morgan fingerprint density at radius 1 is 0.864 bits per heavy atom. The first kappa shape index (κ1) is 30.7. The van der Waals surface area contributed by atoms with Crippen molar-refractivity contribution in [1.29, 1.82) is 0 Å². The highest BCUT2D eigenvalue weighted by molar-refractivity contribution is 8.00. The number of nitrogens with one attached hydrogen (secondary N) is 3. The van der Waals surface area contributed by atoms with Gasteiger partial charge < -0.3 is 16.0 Å². The molecule has 11 heteroatoms. The second-order valence-electron chi connectivity index (χ2n) is 9.23. The molecule has 220 valence electrons. The normalized spacial score (nSPS) is 11.8. The molecule has 0 aliphatic heterocycles. The molecule has 5 rings (SSSR count). The number of halogens is 2. The molecular weight excluding hydrogens is 619 g/mol. The lowest BCUT2D eigenvalue weighted by atomic mass is 10.1. The van der Waals surface area contributed by atoms with Crippen LogP contribution in [0.1, 0.15) is 26.7 Å². The van der Waals surface area contributed by atoms with Gasteiger partial charge in [0.1, 0.15) is 16.8 Å². The SMILES string of the molecule is O=C(Nc1ccc(SC(C(=O)Nc2nccs2)c2ccccc2)cc1)/C(=C/c1c(F)cccc1Cl)NC(=O)c1ccccc1. The van der Waals surface area contributed by atoms with E-state index in [1.807, 2.05) is 30.3 Å². The Labute approximate surface area is 266 Å². The maximum atomic E-state index is 14.6. The van der Waals surface area contributed by atoms with Crippen LogP contribution in [0, 0.1) is 5.82 Å². The van der Waals surface area contributed by atoms with Crippen molar-refractivity contribution in [2.75, 3.05) is 10.6 Å². The van der Waals surface area contributed by atoms with Crippen molar-refractivity contribution in [1.82, 2.24) is 10.3 Å². The number of thioether (sulfide) groups is 1. The molecule has 1 unspecified atom stereocenters. The minimum absolute atomic E-state index is 0.0394. The van der Waals surface area contributed by atoms with E-state index >= 15 is 0 Å². The summed E-state index contributed by atoms with van der Waals surface area (Å²) < 4.78 is 14.6. The fraction of sp³-hybridized carbons (Fsp3) is 0.0303. The van der Waals surface area contributed by atoms with E-state index < -0.39 is 22.9 Å². The third-order valence-corrected chi connectivity index (χ3v) is 8.47. The van der Waals surface area contributed by atoms with Crippen LogP contribution in [-0.2, 0) is 9.59 Å². The van der Waals surface area contributed by atoms with Crippen molar-refractivity contribution < 1.29 is 18.8 Å². The average Bonchev–Trinajstić information content (AvgIpc) is 3.55. The highest BCUT2D eigenvalue weighted by atomic mass is 35.5. The number of nitrogens with zero attached hydrogens (tertiary/aromatic N) is 1. The van der Waals surface area contributed by atoms with Gasteiger partial charge in [-0.25, -0.2) is 9.37 Å². The highest BCUT2D eigenvalue weighted by Crippen LogP contribution is 2.37. The number of amides is 3. The number of benzene rings is 4. The summed E-state index contributed by atoms with van der Waals surface area (Å²) >= 11 is 8.87. The Morgan fingerprint density at radius 2 is 1.57 bits per heavy atom. The lowest BCUT2D eigenvalue weighted by Crippen LogP contribution is -2.30. The van der Waals surface area contributed by atoms with Crippen LogP contribution >= 0.6 is 34.7 Å². The zero-order valence-electron chi connectivity index (χ0n) is 22.9. The summed E-state index contributed by atoms with van der Waals surface area (Å²) in [5, 5.41) is 9.99. The van der Waals surface area contributed by atoms with Crippen LogP contribution in [0.4, 0.5) is 15.2 Å². The van der Waals surface area contributed by atoms with Gasteiger partial charge in [0.25, 0.3) is 11.8 Å². The van der Waals surface area contributed by atoms with Crippen molar-refractivity contribution in [3.05, 3.63) is 148 Å². The van der Waals surface area contributed by atoms with Gasteiger partial charge in [0.05, 0.1) is 5.02 Å². The summed E-state index contributed by atoms with van der Waals surface area (Å²) in [6, 6.07) is 28.8. The molecule has 0 aliphatic rings. The van der Waals surface area contributed by atoms with Crippen molar-refractivity contribution >= 4 is 69.3 Å². The van der Waals surface area contributed by atoms with Crippen LogP contribution in [-0.4, -0.2) is 22.7 Å². The van der Waals surface area contributed by atoms with Gasteiger partial charge >= 0.3 is 0 Å². The third-order valence-electron chi connectivity index (χ3n) is 6.19. The van der Waals surface area contributed by atoms with Crippen LogP contribution in [0.5, 0.6) is 0 Å². The van der Waals surface area contributed by atoms with Gasteiger partial charge in [-0.3, -0.25) is 14.4 Å². The molecule has 5 aromatic rings. The molecule has 7 nitrogen and oxygen atoms in total. The minimum atomic E-state index is -0.681.